The van der Waals surface area contributed by atoms with Crippen molar-refractivity contribution in [1.82, 2.24) is 15.5 Å². The van der Waals surface area contributed by atoms with Crippen molar-refractivity contribution in [2.45, 2.75) is 50.2 Å². The molecule has 1 atom stereocenters. The summed E-state index contributed by atoms with van der Waals surface area (Å²) in [7, 11) is 0. The highest BCUT2D eigenvalue weighted by atomic mass is 16.5. The predicted molar refractivity (Wildman–Crippen MR) is 67.6 cm³/mol. The van der Waals surface area contributed by atoms with Crippen molar-refractivity contribution in [1.29, 1.82) is 0 Å². The van der Waals surface area contributed by atoms with Crippen LogP contribution in [0.5, 0.6) is 0 Å². The highest BCUT2D eigenvalue weighted by Crippen LogP contribution is 2.29. The smallest absolute Gasteiger partial charge is 0.258 e. The van der Waals surface area contributed by atoms with Crippen LogP contribution in [-0.4, -0.2) is 41.0 Å². The maximum Gasteiger partial charge on any atom is 0.258 e. The van der Waals surface area contributed by atoms with Gasteiger partial charge in [-0.2, -0.15) is 4.98 Å². The number of aromatic nitrogens is 2. The quantitative estimate of drug-likeness (QED) is 0.841. The fraction of sp³-hybridized carbons (Fsp3) is 0.846. The number of nitrogens with one attached hydrogen (secondary N) is 1. The molecule has 0 aromatic carbocycles. The van der Waals surface area contributed by atoms with E-state index >= 15 is 0 Å². The van der Waals surface area contributed by atoms with Crippen molar-refractivity contribution >= 4 is 0 Å². The van der Waals surface area contributed by atoms with Crippen LogP contribution in [-0.2, 0) is 16.8 Å². The second-order valence-electron chi connectivity index (χ2n) is 5.49. The Morgan fingerprint density at radius 2 is 2.16 bits per heavy atom. The van der Waals surface area contributed by atoms with E-state index in [0.717, 1.165) is 32.5 Å². The van der Waals surface area contributed by atoms with Crippen LogP contribution in [0, 0.1) is 0 Å². The second kappa shape index (κ2) is 5.56. The fourth-order valence-electron chi connectivity index (χ4n) is 2.75. The number of rotatable bonds is 3. The summed E-state index contributed by atoms with van der Waals surface area (Å²) >= 11 is 0. The Bertz CT molecular complexity index is 409. The van der Waals surface area contributed by atoms with Crippen LogP contribution in [0.1, 0.15) is 43.8 Å². The molecule has 2 saturated heterocycles. The molecule has 6 heteroatoms. The average Bonchev–Trinajstić information content (AvgIpc) is 2.90. The van der Waals surface area contributed by atoms with E-state index in [1.807, 2.05) is 0 Å². The van der Waals surface area contributed by atoms with Crippen molar-refractivity contribution in [3.8, 4) is 0 Å². The minimum atomic E-state index is -0.954. The van der Waals surface area contributed by atoms with E-state index in [1.165, 1.54) is 6.42 Å². The summed E-state index contributed by atoms with van der Waals surface area (Å²) in [6, 6.07) is 0. The maximum atomic E-state index is 10.5. The van der Waals surface area contributed by atoms with Crippen molar-refractivity contribution in [3.05, 3.63) is 11.7 Å². The number of nitrogens with zero attached hydrogens (tertiary/aromatic N) is 2. The molecule has 0 spiro atoms. The largest absolute Gasteiger partial charge is 0.380 e. The van der Waals surface area contributed by atoms with Gasteiger partial charge in [0.05, 0.1) is 6.10 Å². The molecule has 0 radical (unpaired) electrons. The van der Waals surface area contributed by atoms with Gasteiger partial charge in [-0.1, -0.05) is 5.16 Å². The molecule has 0 amide bonds. The van der Waals surface area contributed by atoms with E-state index < -0.39 is 5.60 Å². The van der Waals surface area contributed by atoms with Crippen LogP contribution >= 0.6 is 0 Å². The Labute approximate surface area is 112 Å². The second-order valence-corrected chi connectivity index (χ2v) is 5.49. The Kier molecular flexibility index (Phi) is 3.81. The van der Waals surface area contributed by atoms with Crippen LogP contribution in [0.4, 0.5) is 0 Å². The Hall–Kier alpha value is -0.980. The lowest BCUT2D eigenvalue weighted by atomic mass is 9.92. The molecule has 0 aliphatic carbocycles. The zero-order valence-corrected chi connectivity index (χ0v) is 11.1. The number of aliphatic hydroxyl groups is 1. The van der Waals surface area contributed by atoms with Gasteiger partial charge in [0.2, 0.25) is 0 Å². The lowest BCUT2D eigenvalue weighted by Crippen LogP contribution is -2.40. The standard InChI is InChI=1S/C13H21N3O3/c17-13(4-6-14-7-5-13)12-15-11(16-19-12)9-10-3-1-2-8-18-10/h10,14,17H,1-9H2. The highest BCUT2D eigenvalue weighted by molar-refractivity contribution is 5.02. The van der Waals surface area contributed by atoms with Gasteiger partial charge in [-0.15, -0.1) is 0 Å². The summed E-state index contributed by atoms with van der Waals surface area (Å²) in [5.41, 5.74) is -0.954. The molecular formula is C13H21N3O3. The van der Waals surface area contributed by atoms with Gasteiger partial charge in [-0.3, -0.25) is 0 Å². The molecule has 2 N–H and O–H groups in total. The number of hydrogen-bond acceptors (Lipinski definition) is 6. The number of hydrogen-bond donors (Lipinski definition) is 2. The van der Waals surface area contributed by atoms with Crippen LogP contribution in [0.15, 0.2) is 4.52 Å². The normalized spacial score (nSPS) is 27.3. The molecule has 2 fully saturated rings. The molecule has 106 valence electrons. The van der Waals surface area contributed by atoms with Gasteiger partial charge in [-0.25, -0.2) is 0 Å². The minimum absolute atomic E-state index is 0.196. The summed E-state index contributed by atoms with van der Waals surface area (Å²) < 4.78 is 10.9. The molecule has 1 unspecified atom stereocenters. The van der Waals surface area contributed by atoms with Crippen molar-refractivity contribution in [2.24, 2.45) is 0 Å². The third-order valence-corrected chi connectivity index (χ3v) is 3.98. The molecule has 1 aromatic rings. The van der Waals surface area contributed by atoms with Crippen molar-refractivity contribution in [3.63, 3.8) is 0 Å². The number of ether oxygens (including phenoxy) is 1. The molecule has 0 saturated carbocycles. The third kappa shape index (κ3) is 2.96. The van der Waals surface area contributed by atoms with Crippen LogP contribution in [0.3, 0.4) is 0 Å². The molecule has 2 aliphatic rings. The first-order valence-electron chi connectivity index (χ1n) is 7.14. The molecule has 2 aliphatic heterocycles. The van der Waals surface area contributed by atoms with Crippen LogP contribution < -0.4 is 5.32 Å². The van der Waals surface area contributed by atoms with E-state index in [1.54, 1.807) is 0 Å². The van der Waals surface area contributed by atoms with Gasteiger partial charge in [0.15, 0.2) is 5.82 Å². The summed E-state index contributed by atoms with van der Waals surface area (Å²) in [6.45, 7) is 2.38. The molecule has 0 bridgehead atoms. The lowest BCUT2D eigenvalue weighted by molar-refractivity contribution is -0.0228. The van der Waals surface area contributed by atoms with Gasteiger partial charge in [0.25, 0.3) is 5.89 Å². The Morgan fingerprint density at radius 3 is 2.89 bits per heavy atom. The Morgan fingerprint density at radius 1 is 1.32 bits per heavy atom. The Balaban J connectivity index is 1.65. The summed E-state index contributed by atoms with van der Waals surface area (Å²) in [4.78, 5) is 4.36. The average molecular weight is 267 g/mol. The van der Waals surface area contributed by atoms with E-state index in [4.69, 9.17) is 9.26 Å². The van der Waals surface area contributed by atoms with Crippen LogP contribution in [0.2, 0.25) is 0 Å². The molecule has 6 nitrogen and oxygen atoms in total. The molecule has 3 rings (SSSR count). The molecule has 3 heterocycles. The van der Waals surface area contributed by atoms with Gasteiger partial charge >= 0.3 is 0 Å². The summed E-state index contributed by atoms with van der Waals surface area (Å²) in [5.74, 6) is 1.01. The molecule has 19 heavy (non-hydrogen) atoms. The van der Waals surface area contributed by atoms with Crippen LogP contribution in [0.25, 0.3) is 0 Å². The summed E-state index contributed by atoms with van der Waals surface area (Å²) in [6.07, 6.45) is 5.51. The van der Waals surface area contributed by atoms with Gasteiger partial charge in [0, 0.05) is 13.0 Å². The van der Waals surface area contributed by atoms with Crippen molar-refractivity contribution in [2.75, 3.05) is 19.7 Å². The van der Waals surface area contributed by atoms with Gasteiger partial charge in [0.1, 0.15) is 5.60 Å². The third-order valence-electron chi connectivity index (χ3n) is 3.98. The van der Waals surface area contributed by atoms with Gasteiger partial charge < -0.3 is 19.7 Å². The maximum absolute atomic E-state index is 10.5. The first-order chi connectivity index (χ1) is 9.26. The summed E-state index contributed by atoms with van der Waals surface area (Å²) in [5, 5.41) is 17.7. The van der Waals surface area contributed by atoms with E-state index in [9.17, 15) is 5.11 Å². The van der Waals surface area contributed by atoms with Crippen molar-refractivity contribution < 1.29 is 14.4 Å². The first-order valence-corrected chi connectivity index (χ1v) is 7.14. The zero-order chi connectivity index (χ0) is 13.1. The molecule has 1 aromatic heterocycles. The van der Waals surface area contributed by atoms with E-state index in [2.05, 4.69) is 15.5 Å². The highest BCUT2D eigenvalue weighted by Gasteiger charge is 2.37. The monoisotopic (exact) mass is 267 g/mol. The number of piperidine rings is 1. The SMILES string of the molecule is OC1(c2nc(CC3CCCCO3)no2)CCNCC1. The first kappa shape index (κ1) is 13.0. The van der Waals surface area contributed by atoms with E-state index in [-0.39, 0.29) is 6.10 Å². The fourth-order valence-corrected chi connectivity index (χ4v) is 2.75. The van der Waals surface area contributed by atoms with Gasteiger partial charge in [-0.05, 0) is 45.2 Å². The topological polar surface area (TPSA) is 80.4 Å². The van der Waals surface area contributed by atoms with E-state index in [0.29, 0.717) is 31.0 Å². The molecular weight excluding hydrogens is 246 g/mol. The zero-order valence-electron chi connectivity index (χ0n) is 11.1. The predicted octanol–water partition coefficient (Wildman–Crippen LogP) is 0.752. The minimum Gasteiger partial charge on any atom is -0.380 e. The lowest BCUT2D eigenvalue weighted by Gasteiger charge is -2.28.